The summed E-state index contributed by atoms with van der Waals surface area (Å²) >= 11 is 1.57. The van der Waals surface area contributed by atoms with Crippen molar-refractivity contribution in [2.24, 2.45) is 17.8 Å². The Hall–Kier alpha value is -2.48. The summed E-state index contributed by atoms with van der Waals surface area (Å²) in [5.41, 5.74) is 0.248. The largest absolute Gasteiger partial charge is 0.335 e. The summed E-state index contributed by atoms with van der Waals surface area (Å²) in [6, 6.07) is 6.47. The lowest BCUT2D eigenvalue weighted by atomic mass is 9.84. The summed E-state index contributed by atoms with van der Waals surface area (Å²) in [4.78, 5) is 38.7. The van der Waals surface area contributed by atoms with Gasteiger partial charge in [-0.1, -0.05) is 6.42 Å². The Bertz CT molecular complexity index is 982. The predicted octanol–water partition coefficient (Wildman–Crippen LogP) is 2.93. The molecule has 2 fully saturated rings. The lowest BCUT2D eigenvalue weighted by molar-refractivity contribution is -0.120. The maximum absolute atomic E-state index is 12.3. The molecule has 2 saturated carbocycles. The average Bonchev–Trinajstić information content (AvgIpc) is 3.40. The van der Waals surface area contributed by atoms with Gasteiger partial charge in [0.1, 0.15) is 12.2 Å². The van der Waals surface area contributed by atoms with Crippen LogP contribution in [0.15, 0.2) is 29.1 Å². The normalized spacial score (nSPS) is 23.7. The predicted molar refractivity (Wildman–Crippen MR) is 112 cm³/mol. The molecule has 0 radical (unpaired) electrons. The number of hydrogen-bond acceptors (Lipinski definition) is 5. The standard InChI is InChI=1S/C21H26N4O3S/c1-12-3-7-18(29-12)17-6-8-20(27)25(24-17)11-19(26)23-21(28)22-13(2)16-10-14-4-5-15(16)9-14/h3,6-8,13-16H,4-5,9-11H2,1-2H3,(H2,22,23,26,28). The maximum atomic E-state index is 12.3. The second-order valence-corrected chi connectivity index (χ2v) is 9.56. The van der Waals surface area contributed by atoms with Gasteiger partial charge in [0.2, 0.25) is 5.91 Å². The molecule has 2 N–H and O–H groups in total. The van der Waals surface area contributed by atoms with Gasteiger partial charge in [-0.25, -0.2) is 9.48 Å². The molecule has 2 bridgehead atoms. The first-order valence-electron chi connectivity index (χ1n) is 10.1. The number of thiophene rings is 1. The number of fused-ring (bicyclic) bond motifs is 2. The van der Waals surface area contributed by atoms with Crippen LogP contribution in [-0.2, 0) is 11.3 Å². The Balaban J connectivity index is 1.34. The van der Waals surface area contributed by atoms with Crippen LogP contribution in [0.1, 0.15) is 37.5 Å². The van der Waals surface area contributed by atoms with Crippen LogP contribution in [0, 0.1) is 24.7 Å². The summed E-state index contributed by atoms with van der Waals surface area (Å²) in [7, 11) is 0. The van der Waals surface area contributed by atoms with Gasteiger partial charge in [-0.2, -0.15) is 5.10 Å². The highest BCUT2D eigenvalue weighted by atomic mass is 32.1. The molecule has 2 aliphatic carbocycles. The van der Waals surface area contributed by atoms with E-state index in [2.05, 4.69) is 15.7 Å². The number of carbonyl (C=O) groups excluding carboxylic acids is 2. The molecule has 4 unspecified atom stereocenters. The number of imide groups is 1. The van der Waals surface area contributed by atoms with Crippen molar-refractivity contribution >= 4 is 23.3 Å². The fourth-order valence-electron chi connectivity index (χ4n) is 4.82. The lowest BCUT2D eigenvalue weighted by Crippen LogP contribution is -2.48. The van der Waals surface area contributed by atoms with Gasteiger partial charge >= 0.3 is 6.03 Å². The van der Waals surface area contributed by atoms with E-state index in [0.717, 1.165) is 26.8 Å². The molecule has 7 nitrogen and oxygen atoms in total. The van der Waals surface area contributed by atoms with Crippen LogP contribution < -0.4 is 16.2 Å². The highest BCUT2D eigenvalue weighted by molar-refractivity contribution is 7.15. The van der Waals surface area contributed by atoms with Gasteiger partial charge in [0.25, 0.3) is 5.56 Å². The van der Waals surface area contributed by atoms with Crippen LogP contribution in [0.25, 0.3) is 10.6 Å². The molecule has 2 aromatic heterocycles. The summed E-state index contributed by atoms with van der Waals surface area (Å²) in [5, 5.41) is 9.51. The first kappa shape index (κ1) is 19.8. The number of nitrogens with zero attached hydrogens (tertiary/aromatic N) is 2. The smallest absolute Gasteiger partial charge is 0.321 e. The van der Waals surface area contributed by atoms with E-state index in [4.69, 9.17) is 0 Å². The molecule has 2 heterocycles. The number of carbonyl (C=O) groups is 2. The minimum absolute atomic E-state index is 0.0318. The molecule has 0 aromatic carbocycles. The van der Waals surface area contributed by atoms with Crippen molar-refractivity contribution in [2.75, 3.05) is 0 Å². The second kappa shape index (κ2) is 8.10. The SMILES string of the molecule is Cc1ccc(-c2ccc(=O)n(CC(=O)NC(=O)NC(C)C3CC4CCC3C4)n2)s1. The van der Waals surface area contributed by atoms with E-state index in [1.807, 2.05) is 26.0 Å². The van der Waals surface area contributed by atoms with Gasteiger partial charge in [0, 0.05) is 17.0 Å². The molecule has 154 valence electrons. The number of urea groups is 1. The van der Waals surface area contributed by atoms with Crippen LogP contribution >= 0.6 is 11.3 Å². The van der Waals surface area contributed by atoms with E-state index in [9.17, 15) is 14.4 Å². The molecule has 0 aliphatic heterocycles. The molecule has 0 saturated heterocycles. The van der Waals surface area contributed by atoms with Crippen molar-refractivity contribution < 1.29 is 9.59 Å². The lowest BCUT2D eigenvalue weighted by Gasteiger charge is -2.28. The number of aryl methyl sites for hydroxylation is 1. The molecule has 4 atom stereocenters. The van der Waals surface area contributed by atoms with Gasteiger partial charge in [0.05, 0.1) is 4.88 Å². The van der Waals surface area contributed by atoms with E-state index >= 15 is 0 Å². The average molecular weight is 415 g/mol. The van der Waals surface area contributed by atoms with Crippen molar-refractivity contribution in [1.29, 1.82) is 0 Å². The van der Waals surface area contributed by atoms with Crippen molar-refractivity contribution in [3.63, 3.8) is 0 Å². The fourth-order valence-corrected chi connectivity index (χ4v) is 5.66. The number of aromatic nitrogens is 2. The number of nitrogens with one attached hydrogen (secondary N) is 2. The monoisotopic (exact) mass is 414 g/mol. The Morgan fingerprint density at radius 1 is 1.24 bits per heavy atom. The van der Waals surface area contributed by atoms with Crippen molar-refractivity contribution in [1.82, 2.24) is 20.4 Å². The van der Waals surface area contributed by atoms with Crippen LogP contribution in [0.3, 0.4) is 0 Å². The summed E-state index contributed by atoms with van der Waals surface area (Å²) < 4.78 is 1.09. The summed E-state index contributed by atoms with van der Waals surface area (Å²) in [6.07, 6.45) is 4.99. The number of rotatable bonds is 5. The third-order valence-electron chi connectivity index (χ3n) is 6.20. The topological polar surface area (TPSA) is 93.1 Å². The van der Waals surface area contributed by atoms with Gasteiger partial charge in [0.15, 0.2) is 0 Å². The molecule has 3 amide bonds. The zero-order valence-electron chi connectivity index (χ0n) is 16.7. The zero-order valence-corrected chi connectivity index (χ0v) is 17.5. The molecule has 4 rings (SSSR count). The van der Waals surface area contributed by atoms with Gasteiger partial charge in [-0.05, 0) is 69.1 Å². The molecule has 29 heavy (non-hydrogen) atoms. The molecular formula is C21H26N4O3S. The van der Waals surface area contributed by atoms with E-state index in [-0.39, 0.29) is 18.1 Å². The van der Waals surface area contributed by atoms with Gasteiger partial charge in [-0.15, -0.1) is 11.3 Å². The molecule has 8 heteroatoms. The van der Waals surface area contributed by atoms with E-state index in [1.165, 1.54) is 25.3 Å². The minimum atomic E-state index is -0.559. The van der Waals surface area contributed by atoms with E-state index in [0.29, 0.717) is 17.5 Å². The van der Waals surface area contributed by atoms with Crippen LogP contribution in [0.2, 0.25) is 0 Å². The first-order valence-corrected chi connectivity index (χ1v) is 11.0. The van der Waals surface area contributed by atoms with Gasteiger partial charge in [-0.3, -0.25) is 14.9 Å². The molecule has 0 spiro atoms. The second-order valence-electron chi connectivity index (χ2n) is 8.27. The van der Waals surface area contributed by atoms with Crippen LogP contribution in [0.4, 0.5) is 4.79 Å². The zero-order chi connectivity index (χ0) is 20.5. The molecule has 2 aliphatic rings. The quantitative estimate of drug-likeness (QED) is 0.787. The van der Waals surface area contributed by atoms with E-state index in [1.54, 1.807) is 17.4 Å². The van der Waals surface area contributed by atoms with Gasteiger partial charge < -0.3 is 5.32 Å². The van der Waals surface area contributed by atoms with Crippen LogP contribution in [0.5, 0.6) is 0 Å². The highest BCUT2D eigenvalue weighted by Crippen LogP contribution is 2.49. The molecule has 2 aromatic rings. The Kier molecular flexibility index (Phi) is 5.54. The third kappa shape index (κ3) is 4.42. The van der Waals surface area contributed by atoms with Crippen molar-refractivity contribution in [3.8, 4) is 10.6 Å². The summed E-state index contributed by atoms with van der Waals surface area (Å²) in [5.74, 6) is 1.43. The minimum Gasteiger partial charge on any atom is -0.335 e. The highest BCUT2D eigenvalue weighted by Gasteiger charge is 2.42. The first-order chi connectivity index (χ1) is 13.9. The fraction of sp³-hybridized carbons (Fsp3) is 0.524. The van der Waals surface area contributed by atoms with Crippen molar-refractivity contribution in [2.45, 2.75) is 52.1 Å². The maximum Gasteiger partial charge on any atom is 0.321 e. The number of hydrogen-bond donors (Lipinski definition) is 2. The molecular weight excluding hydrogens is 388 g/mol. The third-order valence-corrected chi connectivity index (χ3v) is 7.22. The van der Waals surface area contributed by atoms with Crippen molar-refractivity contribution in [3.05, 3.63) is 39.5 Å². The Labute approximate surface area is 173 Å². The summed E-state index contributed by atoms with van der Waals surface area (Å²) in [6.45, 7) is 3.70. The number of amides is 3. The van der Waals surface area contributed by atoms with Crippen LogP contribution in [-0.4, -0.2) is 27.8 Å². The Morgan fingerprint density at radius 2 is 2.07 bits per heavy atom. The Morgan fingerprint density at radius 3 is 2.72 bits per heavy atom. The van der Waals surface area contributed by atoms with E-state index < -0.39 is 11.9 Å².